The van der Waals surface area contributed by atoms with Gasteiger partial charge in [0.25, 0.3) is 0 Å². The molecule has 124 valence electrons. The van der Waals surface area contributed by atoms with Crippen molar-refractivity contribution in [3.05, 3.63) is 53.6 Å². The number of imidazole rings is 1. The number of hydrogen-bond donors (Lipinski definition) is 1. The third-order valence-electron chi connectivity index (χ3n) is 3.06. The quantitative estimate of drug-likeness (QED) is 0.679. The van der Waals surface area contributed by atoms with E-state index < -0.39 is 12.1 Å². The number of aromatic nitrogens is 2. The highest BCUT2D eigenvalue weighted by Crippen LogP contribution is 2.06. The van der Waals surface area contributed by atoms with Crippen LogP contribution in [-0.2, 0) is 23.1 Å². The Bertz CT molecular complexity index is 772. The smallest absolute Gasteiger partial charge is 0.408 e. The highest BCUT2D eigenvalue weighted by Gasteiger charge is 2.15. The van der Waals surface area contributed by atoms with Gasteiger partial charge in [0.15, 0.2) is 5.69 Å². The molecule has 7 heteroatoms. The van der Waals surface area contributed by atoms with Gasteiger partial charge in [-0.15, -0.1) is 0 Å². The van der Waals surface area contributed by atoms with Crippen molar-refractivity contribution in [2.24, 2.45) is 7.05 Å². The normalized spacial score (nSPS) is 9.58. The lowest BCUT2D eigenvalue weighted by Gasteiger charge is -2.04. The standard InChI is InChI=1S/C17H17N3O4/c1-20-12-19-14(15(20)16(21)23-2)9-6-10-18-17(22)24-11-13-7-4-3-5-8-13/h3-5,7-8,12H,10-11H2,1-2H3,(H,18,22). The molecule has 2 rings (SSSR count). The van der Waals surface area contributed by atoms with Crippen molar-refractivity contribution < 1.29 is 19.1 Å². The van der Waals surface area contributed by atoms with Crippen LogP contribution in [0, 0.1) is 11.8 Å². The fraction of sp³-hybridized carbons (Fsp3) is 0.235. The number of nitrogens with one attached hydrogen (secondary N) is 1. The van der Waals surface area contributed by atoms with E-state index in [4.69, 9.17) is 4.74 Å². The first-order chi connectivity index (χ1) is 11.6. The van der Waals surface area contributed by atoms with Crippen LogP contribution >= 0.6 is 0 Å². The number of benzene rings is 1. The van der Waals surface area contributed by atoms with Crippen LogP contribution in [0.1, 0.15) is 21.7 Å². The molecule has 0 aliphatic carbocycles. The van der Waals surface area contributed by atoms with E-state index >= 15 is 0 Å². The molecule has 7 nitrogen and oxygen atoms in total. The summed E-state index contributed by atoms with van der Waals surface area (Å²) in [6.07, 6.45) is 0.903. The van der Waals surface area contributed by atoms with Gasteiger partial charge in [0.05, 0.1) is 20.0 Å². The third-order valence-corrected chi connectivity index (χ3v) is 3.06. The number of amides is 1. The van der Waals surface area contributed by atoms with Crippen LogP contribution in [0.3, 0.4) is 0 Å². The van der Waals surface area contributed by atoms with Crippen molar-refractivity contribution >= 4 is 12.1 Å². The topological polar surface area (TPSA) is 82.4 Å². The van der Waals surface area contributed by atoms with Gasteiger partial charge in [0.1, 0.15) is 12.3 Å². The zero-order valence-electron chi connectivity index (χ0n) is 13.4. The summed E-state index contributed by atoms with van der Waals surface area (Å²) in [6.45, 7) is 0.262. The number of esters is 1. The second-order valence-corrected chi connectivity index (χ2v) is 4.76. The molecule has 2 aromatic rings. The van der Waals surface area contributed by atoms with E-state index in [2.05, 4.69) is 26.9 Å². The minimum atomic E-state index is -0.567. The molecular weight excluding hydrogens is 310 g/mol. The SMILES string of the molecule is COC(=O)c1c(C#CCNC(=O)OCc2ccccc2)ncn1C. The number of ether oxygens (including phenoxy) is 2. The van der Waals surface area contributed by atoms with Gasteiger partial charge < -0.3 is 19.4 Å². The van der Waals surface area contributed by atoms with E-state index in [9.17, 15) is 9.59 Å². The molecule has 0 atom stereocenters. The predicted octanol–water partition coefficient (Wildman–Crippen LogP) is 1.48. The molecule has 1 aromatic heterocycles. The van der Waals surface area contributed by atoms with Crippen molar-refractivity contribution in [3.8, 4) is 11.8 Å². The number of nitrogens with zero attached hydrogens (tertiary/aromatic N) is 2. The maximum Gasteiger partial charge on any atom is 0.408 e. The van der Waals surface area contributed by atoms with Crippen LogP contribution in [0.4, 0.5) is 4.79 Å². The van der Waals surface area contributed by atoms with Crippen molar-refractivity contribution in [1.82, 2.24) is 14.9 Å². The first kappa shape index (κ1) is 17.1. The molecule has 0 bridgehead atoms. The second-order valence-electron chi connectivity index (χ2n) is 4.76. The molecule has 1 N–H and O–H groups in total. The Morgan fingerprint density at radius 2 is 2.04 bits per heavy atom. The monoisotopic (exact) mass is 327 g/mol. The largest absolute Gasteiger partial charge is 0.464 e. The lowest BCUT2D eigenvalue weighted by molar-refractivity contribution is 0.0589. The van der Waals surface area contributed by atoms with Crippen LogP contribution in [0.25, 0.3) is 0 Å². The van der Waals surface area contributed by atoms with Crippen LogP contribution in [0.15, 0.2) is 36.7 Å². The number of hydrogen-bond acceptors (Lipinski definition) is 5. The lowest BCUT2D eigenvalue weighted by Crippen LogP contribution is -2.24. The first-order valence-corrected chi connectivity index (χ1v) is 7.15. The second kappa shape index (κ2) is 8.39. The number of alkyl carbamates (subject to hydrolysis) is 1. The molecule has 0 fully saturated rings. The van der Waals surface area contributed by atoms with Gasteiger partial charge in [-0.05, 0) is 11.5 Å². The summed E-state index contributed by atoms with van der Waals surface area (Å²) in [5.41, 5.74) is 1.45. The minimum Gasteiger partial charge on any atom is -0.464 e. The maximum atomic E-state index is 11.6. The van der Waals surface area contributed by atoms with Gasteiger partial charge in [0, 0.05) is 7.05 Å². The molecule has 0 aliphatic heterocycles. The van der Waals surface area contributed by atoms with E-state index in [-0.39, 0.29) is 18.8 Å². The molecule has 0 aliphatic rings. The Morgan fingerprint density at radius 1 is 1.29 bits per heavy atom. The fourth-order valence-electron chi connectivity index (χ4n) is 1.88. The summed E-state index contributed by atoms with van der Waals surface area (Å²) < 4.78 is 11.3. The summed E-state index contributed by atoms with van der Waals surface area (Å²) >= 11 is 0. The molecule has 1 aromatic carbocycles. The molecule has 0 radical (unpaired) electrons. The van der Waals surface area contributed by atoms with Crippen LogP contribution in [-0.4, -0.2) is 35.3 Å². The number of methoxy groups -OCH3 is 1. The predicted molar refractivity (Wildman–Crippen MR) is 86.1 cm³/mol. The highest BCUT2D eigenvalue weighted by molar-refractivity contribution is 5.89. The van der Waals surface area contributed by atoms with Crippen LogP contribution < -0.4 is 5.32 Å². The Labute approximate surface area is 139 Å². The zero-order chi connectivity index (χ0) is 17.4. The van der Waals surface area contributed by atoms with Crippen molar-refractivity contribution in [2.45, 2.75) is 6.61 Å². The number of rotatable bonds is 4. The Morgan fingerprint density at radius 3 is 2.75 bits per heavy atom. The van der Waals surface area contributed by atoms with Gasteiger partial charge in [-0.3, -0.25) is 0 Å². The molecule has 24 heavy (non-hydrogen) atoms. The van der Waals surface area contributed by atoms with Gasteiger partial charge in [0.2, 0.25) is 0 Å². The van der Waals surface area contributed by atoms with Crippen molar-refractivity contribution in [2.75, 3.05) is 13.7 Å². The number of carbonyl (C=O) groups excluding carboxylic acids is 2. The summed E-state index contributed by atoms with van der Waals surface area (Å²) in [7, 11) is 2.96. The lowest BCUT2D eigenvalue weighted by atomic mass is 10.2. The Kier molecular flexibility index (Phi) is 5.97. The minimum absolute atomic E-state index is 0.0742. The molecule has 0 saturated carbocycles. The molecular formula is C17H17N3O4. The van der Waals surface area contributed by atoms with Gasteiger partial charge in [-0.25, -0.2) is 14.6 Å². The van der Waals surface area contributed by atoms with Gasteiger partial charge in [-0.2, -0.15) is 0 Å². The van der Waals surface area contributed by atoms with E-state index in [1.54, 1.807) is 7.05 Å². The average Bonchev–Trinajstić information content (AvgIpc) is 2.97. The fourth-order valence-corrected chi connectivity index (χ4v) is 1.88. The zero-order valence-corrected chi connectivity index (χ0v) is 13.4. The summed E-state index contributed by atoms with van der Waals surface area (Å²) in [4.78, 5) is 27.2. The Hall–Kier alpha value is -3.27. The van der Waals surface area contributed by atoms with E-state index in [1.165, 1.54) is 18.0 Å². The molecule has 1 heterocycles. The average molecular weight is 327 g/mol. The third kappa shape index (κ3) is 4.61. The molecule has 0 spiro atoms. The van der Waals surface area contributed by atoms with Crippen LogP contribution in [0.5, 0.6) is 0 Å². The van der Waals surface area contributed by atoms with Gasteiger partial charge in [-0.1, -0.05) is 36.3 Å². The highest BCUT2D eigenvalue weighted by atomic mass is 16.5. The summed E-state index contributed by atoms with van der Waals surface area (Å²) in [5.74, 6) is 4.92. The van der Waals surface area contributed by atoms with E-state index in [0.29, 0.717) is 5.69 Å². The number of aryl methyl sites for hydroxylation is 1. The molecule has 1 amide bonds. The summed E-state index contributed by atoms with van der Waals surface area (Å²) in [6, 6.07) is 9.35. The summed E-state index contributed by atoms with van der Waals surface area (Å²) in [5, 5.41) is 2.51. The Balaban J connectivity index is 1.84. The van der Waals surface area contributed by atoms with Crippen molar-refractivity contribution in [3.63, 3.8) is 0 Å². The van der Waals surface area contributed by atoms with Crippen LogP contribution in [0.2, 0.25) is 0 Å². The van der Waals surface area contributed by atoms with E-state index in [0.717, 1.165) is 5.56 Å². The number of carbonyl (C=O) groups is 2. The van der Waals surface area contributed by atoms with Gasteiger partial charge >= 0.3 is 12.1 Å². The molecule has 0 saturated heterocycles. The first-order valence-electron chi connectivity index (χ1n) is 7.15. The molecule has 0 unspecified atom stereocenters. The van der Waals surface area contributed by atoms with Crippen molar-refractivity contribution in [1.29, 1.82) is 0 Å². The maximum absolute atomic E-state index is 11.6. The van der Waals surface area contributed by atoms with E-state index in [1.807, 2.05) is 30.3 Å².